The standard InChI is InChI=1S/C17H24N2O5S/c20-16(19-14-2-1-3-15-13(14)5-7-23-15)18-12-4-8-24-17(10-12)6-9-25(21,22)11-17/h5,7,12,14H,1-4,6,8-11H2,(H2,18,19,20). The Kier molecular flexibility index (Phi) is 4.27. The van der Waals surface area contributed by atoms with Gasteiger partial charge in [-0.05, 0) is 38.2 Å². The zero-order valence-corrected chi connectivity index (χ0v) is 14.9. The molecule has 0 aromatic carbocycles. The lowest BCUT2D eigenvalue weighted by Crippen LogP contribution is -2.51. The number of sulfone groups is 1. The van der Waals surface area contributed by atoms with Gasteiger partial charge in [0.25, 0.3) is 0 Å². The summed E-state index contributed by atoms with van der Waals surface area (Å²) in [6.07, 6.45) is 6.26. The van der Waals surface area contributed by atoms with Crippen LogP contribution in [0.2, 0.25) is 0 Å². The summed E-state index contributed by atoms with van der Waals surface area (Å²) in [6, 6.07) is 1.63. The minimum Gasteiger partial charge on any atom is -0.469 e. The molecule has 3 heterocycles. The summed E-state index contributed by atoms with van der Waals surface area (Å²) in [4.78, 5) is 12.4. The van der Waals surface area contributed by atoms with Crippen LogP contribution in [0, 0.1) is 0 Å². The average molecular weight is 368 g/mol. The molecule has 138 valence electrons. The third kappa shape index (κ3) is 3.55. The lowest BCUT2D eigenvalue weighted by molar-refractivity contribution is -0.0687. The van der Waals surface area contributed by atoms with E-state index in [4.69, 9.17) is 9.15 Å². The molecule has 0 radical (unpaired) electrons. The van der Waals surface area contributed by atoms with Gasteiger partial charge in [-0.15, -0.1) is 0 Å². The zero-order valence-electron chi connectivity index (χ0n) is 14.1. The second kappa shape index (κ2) is 6.32. The molecule has 2 saturated heterocycles. The molecule has 0 bridgehead atoms. The molecule has 3 atom stereocenters. The molecule has 8 heteroatoms. The van der Waals surface area contributed by atoms with Crippen LogP contribution in [0.1, 0.15) is 49.5 Å². The van der Waals surface area contributed by atoms with Crippen molar-refractivity contribution in [1.82, 2.24) is 10.6 Å². The Morgan fingerprint density at radius 1 is 1.28 bits per heavy atom. The molecule has 25 heavy (non-hydrogen) atoms. The van der Waals surface area contributed by atoms with E-state index in [1.54, 1.807) is 6.26 Å². The molecule has 7 nitrogen and oxygen atoms in total. The number of hydrogen-bond acceptors (Lipinski definition) is 5. The van der Waals surface area contributed by atoms with Crippen LogP contribution >= 0.6 is 0 Å². The number of carbonyl (C=O) groups excluding carboxylic acids is 1. The van der Waals surface area contributed by atoms with Crippen molar-refractivity contribution in [1.29, 1.82) is 0 Å². The minimum atomic E-state index is -3.02. The van der Waals surface area contributed by atoms with Gasteiger partial charge in [0.15, 0.2) is 9.84 Å². The molecule has 1 spiro atoms. The van der Waals surface area contributed by atoms with E-state index in [9.17, 15) is 13.2 Å². The smallest absolute Gasteiger partial charge is 0.315 e. The van der Waals surface area contributed by atoms with Gasteiger partial charge in [0.05, 0.1) is 29.4 Å². The maximum Gasteiger partial charge on any atom is 0.315 e. The molecule has 2 amide bonds. The van der Waals surface area contributed by atoms with E-state index in [0.717, 1.165) is 30.6 Å². The predicted molar refractivity (Wildman–Crippen MR) is 91.0 cm³/mol. The Balaban J connectivity index is 1.36. The van der Waals surface area contributed by atoms with E-state index < -0.39 is 15.4 Å². The van der Waals surface area contributed by atoms with Gasteiger partial charge in [-0.1, -0.05) is 0 Å². The Morgan fingerprint density at radius 3 is 2.96 bits per heavy atom. The molecule has 2 N–H and O–H groups in total. The number of furan rings is 1. The zero-order chi connectivity index (χ0) is 17.5. The molecule has 4 rings (SSSR count). The van der Waals surface area contributed by atoms with Gasteiger partial charge in [0.1, 0.15) is 5.76 Å². The monoisotopic (exact) mass is 368 g/mol. The van der Waals surface area contributed by atoms with Crippen molar-refractivity contribution in [3.8, 4) is 0 Å². The fourth-order valence-corrected chi connectivity index (χ4v) is 6.31. The average Bonchev–Trinajstić information content (AvgIpc) is 3.13. The van der Waals surface area contributed by atoms with Crippen LogP contribution in [0.15, 0.2) is 16.7 Å². The first-order valence-corrected chi connectivity index (χ1v) is 10.7. The topological polar surface area (TPSA) is 97.6 Å². The summed E-state index contributed by atoms with van der Waals surface area (Å²) in [5.41, 5.74) is 0.448. The summed E-state index contributed by atoms with van der Waals surface area (Å²) in [5, 5.41) is 6.05. The number of ether oxygens (including phenoxy) is 1. The first-order chi connectivity index (χ1) is 11.9. The lowest BCUT2D eigenvalue weighted by atomic mass is 9.90. The van der Waals surface area contributed by atoms with E-state index in [-0.39, 0.29) is 29.6 Å². The van der Waals surface area contributed by atoms with Crippen molar-refractivity contribution >= 4 is 15.9 Å². The number of amides is 2. The minimum absolute atomic E-state index is 0.0249. The Morgan fingerprint density at radius 2 is 2.16 bits per heavy atom. The molecule has 3 unspecified atom stereocenters. The van der Waals surface area contributed by atoms with Gasteiger partial charge in [-0.2, -0.15) is 0 Å². The fourth-order valence-electron chi connectivity index (χ4n) is 4.33. The molecular formula is C17H24N2O5S. The quantitative estimate of drug-likeness (QED) is 0.828. The summed E-state index contributed by atoms with van der Waals surface area (Å²) in [6.45, 7) is 0.482. The van der Waals surface area contributed by atoms with Gasteiger partial charge in [-0.25, -0.2) is 13.2 Å². The van der Waals surface area contributed by atoms with Crippen LogP contribution in [0.3, 0.4) is 0 Å². The highest BCUT2D eigenvalue weighted by atomic mass is 32.2. The van der Waals surface area contributed by atoms with Crippen LogP contribution in [-0.2, 0) is 21.0 Å². The first-order valence-electron chi connectivity index (χ1n) is 8.92. The Hall–Kier alpha value is -1.54. The van der Waals surface area contributed by atoms with Crippen molar-refractivity contribution in [2.75, 3.05) is 18.1 Å². The maximum atomic E-state index is 12.4. The number of urea groups is 1. The van der Waals surface area contributed by atoms with Crippen molar-refractivity contribution in [2.24, 2.45) is 0 Å². The van der Waals surface area contributed by atoms with Crippen molar-refractivity contribution in [3.05, 3.63) is 23.7 Å². The second-order valence-electron chi connectivity index (χ2n) is 7.42. The molecule has 2 fully saturated rings. The highest BCUT2D eigenvalue weighted by molar-refractivity contribution is 7.91. The van der Waals surface area contributed by atoms with E-state index in [1.165, 1.54) is 0 Å². The SMILES string of the molecule is O=C(NC1CCOC2(CCS(=O)(=O)C2)C1)NC1CCCc2occc21. The normalized spacial score (nSPS) is 33.8. The third-order valence-corrected chi connectivity index (χ3v) is 7.33. The van der Waals surface area contributed by atoms with E-state index in [1.807, 2.05) is 6.07 Å². The number of aryl methyl sites for hydroxylation is 1. The van der Waals surface area contributed by atoms with Gasteiger partial charge in [0, 0.05) is 24.6 Å². The molecule has 3 aliphatic rings. The highest BCUT2D eigenvalue weighted by Gasteiger charge is 2.46. The Labute approximate surface area is 147 Å². The number of carbonyl (C=O) groups is 1. The predicted octanol–water partition coefficient (Wildman–Crippen LogP) is 1.69. The van der Waals surface area contributed by atoms with Crippen LogP contribution < -0.4 is 10.6 Å². The van der Waals surface area contributed by atoms with Crippen LogP contribution in [-0.4, -0.2) is 44.2 Å². The van der Waals surface area contributed by atoms with E-state index >= 15 is 0 Å². The fraction of sp³-hybridized carbons (Fsp3) is 0.706. The summed E-state index contributed by atoms with van der Waals surface area (Å²) in [7, 11) is -3.02. The van der Waals surface area contributed by atoms with Gasteiger partial charge >= 0.3 is 6.03 Å². The summed E-state index contributed by atoms with van der Waals surface area (Å²) < 4.78 is 34.8. The van der Waals surface area contributed by atoms with Crippen molar-refractivity contribution < 1.29 is 22.4 Å². The lowest BCUT2D eigenvalue weighted by Gasteiger charge is -2.37. The van der Waals surface area contributed by atoms with E-state index in [0.29, 0.717) is 25.9 Å². The maximum absolute atomic E-state index is 12.4. The molecule has 1 aromatic rings. The molecular weight excluding hydrogens is 344 g/mol. The van der Waals surface area contributed by atoms with Crippen LogP contribution in [0.4, 0.5) is 4.79 Å². The summed E-state index contributed by atoms with van der Waals surface area (Å²) >= 11 is 0. The third-order valence-electron chi connectivity index (χ3n) is 5.54. The highest BCUT2D eigenvalue weighted by Crippen LogP contribution is 2.35. The van der Waals surface area contributed by atoms with Crippen LogP contribution in [0.5, 0.6) is 0 Å². The Bertz CT molecular complexity index is 759. The first kappa shape index (κ1) is 16.9. The van der Waals surface area contributed by atoms with Gasteiger partial charge in [-0.3, -0.25) is 0 Å². The largest absolute Gasteiger partial charge is 0.469 e. The summed E-state index contributed by atoms with van der Waals surface area (Å²) in [5.74, 6) is 1.20. The number of rotatable bonds is 2. The molecule has 2 aliphatic heterocycles. The van der Waals surface area contributed by atoms with E-state index in [2.05, 4.69) is 10.6 Å². The molecule has 1 aromatic heterocycles. The molecule has 1 aliphatic carbocycles. The molecule has 0 saturated carbocycles. The van der Waals surface area contributed by atoms with Crippen molar-refractivity contribution in [3.63, 3.8) is 0 Å². The van der Waals surface area contributed by atoms with Crippen molar-refractivity contribution in [2.45, 2.75) is 56.2 Å². The number of hydrogen-bond donors (Lipinski definition) is 2. The number of fused-ring (bicyclic) bond motifs is 1. The van der Waals surface area contributed by atoms with Gasteiger partial charge < -0.3 is 19.8 Å². The van der Waals surface area contributed by atoms with Gasteiger partial charge in [0.2, 0.25) is 0 Å². The second-order valence-corrected chi connectivity index (χ2v) is 9.61. The number of nitrogens with one attached hydrogen (secondary N) is 2. The van der Waals surface area contributed by atoms with Crippen LogP contribution in [0.25, 0.3) is 0 Å².